The minimum Gasteiger partial charge on any atom is -0.497 e. The molecule has 29 heavy (non-hydrogen) atoms. The van der Waals surface area contributed by atoms with Gasteiger partial charge in [-0.05, 0) is 49.6 Å². The number of anilines is 1. The zero-order valence-electron chi connectivity index (χ0n) is 18.2. The van der Waals surface area contributed by atoms with Gasteiger partial charge in [-0.15, -0.1) is 0 Å². The highest BCUT2D eigenvalue weighted by atomic mass is 16.5. The Morgan fingerprint density at radius 3 is 2.52 bits per heavy atom. The first-order valence-corrected chi connectivity index (χ1v) is 10.2. The molecule has 0 fully saturated rings. The third kappa shape index (κ3) is 5.26. The van der Waals surface area contributed by atoms with E-state index in [1.165, 1.54) is 11.1 Å². The summed E-state index contributed by atoms with van der Waals surface area (Å²) in [5.74, 6) is 1.56. The number of benzene rings is 1. The molecule has 0 aliphatic carbocycles. The summed E-state index contributed by atoms with van der Waals surface area (Å²) in [6, 6.07) is 10.4. The minimum atomic E-state index is -0.0571. The van der Waals surface area contributed by atoms with Crippen LogP contribution >= 0.6 is 0 Å². The fraction of sp³-hybridized carbons (Fsp3) is 0.478. The lowest BCUT2D eigenvalue weighted by Gasteiger charge is -2.19. The number of aromatic nitrogens is 1. The van der Waals surface area contributed by atoms with Crippen molar-refractivity contribution >= 4 is 11.7 Å². The van der Waals surface area contributed by atoms with E-state index in [1.54, 1.807) is 7.11 Å². The number of rotatable bonds is 6. The van der Waals surface area contributed by atoms with Gasteiger partial charge in [0, 0.05) is 51.9 Å². The molecule has 1 N–H and O–H groups in total. The second-order valence-electron chi connectivity index (χ2n) is 8.11. The van der Waals surface area contributed by atoms with Gasteiger partial charge in [0.1, 0.15) is 11.6 Å². The lowest BCUT2D eigenvalue weighted by atomic mass is 10.0. The summed E-state index contributed by atoms with van der Waals surface area (Å²) >= 11 is 0. The lowest BCUT2D eigenvalue weighted by molar-refractivity contribution is 0.0943. The first-order valence-electron chi connectivity index (χ1n) is 10.2. The van der Waals surface area contributed by atoms with E-state index in [0.717, 1.165) is 49.7 Å². The van der Waals surface area contributed by atoms with Crippen molar-refractivity contribution in [2.45, 2.75) is 39.3 Å². The molecule has 156 valence electrons. The summed E-state index contributed by atoms with van der Waals surface area (Å²) in [5, 5.41) is 3.00. The van der Waals surface area contributed by atoms with Gasteiger partial charge in [-0.2, -0.15) is 0 Å². The highest BCUT2D eigenvalue weighted by Gasteiger charge is 2.22. The smallest absolute Gasteiger partial charge is 0.255 e. The van der Waals surface area contributed by atoms with E-state index in [2.05, 4.69) is 22.3 Å². The molecule has 6 nitrogen and oxygen atoms in total. The van der Waals surface area contributed by atoms with Crippen molar-refractivity contribution in [3.63, 3.8) is 0 Å². The predicted molar refractivity (Wildman–Crippen MR) is 117 cm³/mol. The lowest BCUT2D eigenvalue weighted by Crippen LogP contribution is -2.32. The van der Waals surface area contributed by atoms with Crippen LogP contribution in [0.4, 0.5) is 5.82 Å². The Labute approximate surface area is 173 Å². The van der Waals surface area contributed by atoms with Crippen LogP contribution in [0, 0.1) is 0 Å². The molecule has 1 aromatic heterocycles. The normalized spacial score (nSPS) is 14.3. The second kappa shape index (κ2) is 9.27. The Kier molecular flexibility index (Phi) is 6.75. The highest BCUT2D eigenvalue weighted by molar-refractivity contribution is 5.99. The van der Waals surface area contributed by atoms with Gasteiger partial charge in [0.05, 0.1) is 12.7 Å². The van der Waals surface area contributed by atoms with Gasteiger partial charge in [-0.3, -0.25) is 9.69 Å². The maximum Gasteiger partial charge on any atom is 0.255 e. The Balaban J connectivity index is 1.77. The van der Waals surface area contributed by atoms with Crippen LogP contribution in [-0.4, -0.2) is 56.1 Å². The van der Waals surface area contributed by atoms with Gasteiger partial charge in [0.15, 0.2) is 0 Å². The van der Waals surface area contributed by atoms with Crippen LogP contribution in [0.25, 0.3) is 0 Å². The average Bonchev–Trinajstić information content (AvgIpc) is 2.89. The molecular formula is C23H32N4O2. The molecular weight excluding hydrogens is 364 g/mol. The van der Waals surface area contributed by atoms with E-state index in [-0.39, 0.29) is 11.9 Å². The molecule has 0 unspecified atom stereocenters. The Morgan fingerprint density at radius 2 is 1.90 bits per heavy atom. The van der Waals surface area contributed by atoms with Gasteiger partial charge in [0.2, 0.25) is 0 Å². The van der Waals surface area contributed by atoms with E-state index >= 15 is 0 Å². The number of fused-ring (bicyclic) bond motifs is 1. The first kappa shape index (κ1) is 21.1. The van der Waals surface area contributed by atoms with Crippen molar-refractivity contribution in [2.75, 3.05) is 39.2 Å². The molecule has 0 saturated carbocycles. The van der Waals surface area contributed by atoms with Gasteiger partial charge in [-0.25, -0.2) is 4.98 Å². The topological polar surface area (TPSA) is 57.7 Å². The fourth-order valence-electron chi connectivity index (χ4n) is 3.66. The van der Waals surface area contributed by atoms with Crippen molar-refractivity contribution in [2.24, 2.45) is 0 Å². The summed E-state index contributed by atoms with van der Waals surface area (Å²) in [5.41, 5.74) is 4.22. The molecule has 0 spiro atoms. The van der Waals surface area contributed by atoms with Crippen molar-refractivity contribution in [3.8, 4) is 5.75 Å². The van der Waals surface area contributed by atoms with Gasteiger partial charge in [0.25, 0.3) is 5.91 Å². The first-order chi connectivity index (χ1) is 13.9. The molecule has 1 aliphatic heterocycles. The monoisotopic (exact) mass is 396 g/mol. The molecule has 0 bridgehead atoms. The number of nitrogens with zero attached hydrogens (tertiary/aromatic N) is 3. The molecule has 6 heteroatoms. The molecule has 0 radical (unpaired) electrons. The van der Waals surface area contributed by atoms with Crippen LogP contribution < -0.4 is 15.0 Å². The van der Waals surface area contributed by atoms with Crippen LogP contribution in [0.2, 0.25) is 0 Å². The molecule has 0 saturated heterocycles. The zero-order valence-corrected chi connectivity index (χ0v) is 18.2. The van der Waals surface area contributed by atoms with Gasteiger partial charge in [-0.1, -0.05) is 12.1 Å². The summed E-state index contributed by atoms with van der Waals surface area (Å²) in [6.45, 7) is 6.76. The summed E-state index contributed by atoms with van der Waals surface area (Å²) < 4.78 is 5.25. The van der Waals surface area contributed by atoms with E-state index in [0.29, 0.717) is 5.56 Å². The number of ether oxygens (including phenoxy) is 1. The standard InChI is InChI=1S/C23H32N4O2/c1-16(2)24-23(28)20-14-18-10-12-27(13-11-21(18)25-22(20)26(3)4)15-17-6-8-19(29-5)9-7-17/h6-9,14,16H,10-13,15H2,1-5H3,(H,24,28). The van der Waals surface area contributed by atoms with Crippen molar-refractivity contribution < 1.29 is 9.53 Å². The summed E-state index contributed by atoms with van der Waals surface area (Å²) in [6.07, 6.45) is 1.78. The maximum absolute atomic E-state index is 12.7. The Bertz CT molecular complexity index is 847. The van der Waals surface area contributed by atoms with Crippen LogP contribution in [0.3, 0.4) is 0 Å². The van der Waals surface area contributed by atoms with E-state index in [1.807, 2.05) is 51.0 Å². The molecule has 3 rings (SSSR count). The highest BCUT2D eigenvalue weighted by Crippen LogP contribution is 2.24. The van der Waals surface area contributed by atoms with Crippen LogP contribution in [0.5, 0.6) is 5.75 Å². The van der Waals surface area contributed by atoms with Crippen LogP contribution in [0.15, 0.2) is 30.3 Å². The maximum atomic E-state index is 12.7. The predicted octanol–water partition coefficient (Wildman–Crippen LogP) is 2.90. The third-order valence-electron chi connectivity index (χ3n) is 5.19. The SMILES string of the molecule is COc1ccc(CN2CCc3cc(C(=O)NC(C)C)c(N(C)C)nc3CC2)cc1. The van der Waals surface area contributed by atoms with Crippen molar-refractivity contribution in [1.82, 2.24) is 15.2 Å². The Morgan fingerprint density at radius 1 is 1.21 bits per heavy atom. The van der Waals surface area contributed by atoms with Crippen molar-refractivity contribution in [1.29, 1.82) is 0 Å². The number of carbonyl (C=O) groups is 1. The number of pyridine rings is 1. The molecule has 1 aliphatic rings. The van der Waals surface area contributed by atoms with Gasteiger partial charge >= 0.3 is 0 Å². The third-order valence-corrected chi connectivity index (χ3v) is 5.19. The minimum absolute atomic E-state index is 0.0571. The molecule has 1 aromatic carbocycles. The fourth-order valence-corrected chi connectivity index (χ4v) is 3.66. The van der Waals surface area contributed by atoms with E-state index in [4.69, 9.17) is 9.72 Å². The molecule has 2 heterocycles. The van der Waals surface area contributed by atoms with Crippen LogP contribution in [-0.2, 0) is 19.4 Å². The molecule has 2 aromatic rings. The largest absolute Gasteiger partial charge is 0.497 e. The number of hydrogen-bond donors (Lipinski definition) is 1. The van der Waals surface area contributed by atoms with Crippen LogP contribution in [0.1, 0.15) is 41.0 Å². The van der Waals surface area contributed by atoms with E-state index in [9.17, 15) is 4.79 Å². The quantitative estimate of drug-likeness (QED) is 0.814. The number of nitrogens with one attached hydrogen (secondary N) is 1. The summed E-state index contributed by atoms with van der Waals surface area (Å²) in [7, 11) is 5.56. The summed E-state index contributed by atoms with van der Waals surface area (Å²) in [4.78, 5) is 22.0. The number of methoxy groups -OCH3 is 1. The van der Waals surface area contributed by atoms with E-state index < -0.39 is 0 Å². The molecule has 0 atom stereocenters. The number of hydrogen-bond acceptors (Lipinski definition) is 5. The second-order valence-corrected chi connectivity index (χ2v) is 8.11. The van der Waals surface area contributed by atoms with Crippen molar-refractivity contribution in [3.05, 3.63) is 52.7 Å². The zero-order chi connectivity index (χ0) is 21.0. The molecule has 1 amide bonds. The number of carbonyl (C=O) groups excluding carboxylic acids is 1. The van der Waals surface area contributed by atoms with Gasteiger partial charge < -0.3 is 15.0 Å². The average molecular weight is 397 g/mol. The Hall–Kier alpha value is -2.60. The number of amides is 1.